The zero-order valence-electron chi connectivity index (χ0n) is 14.6. The number of urea groups is 1. The van der Waals surface area contributed by atoms with Gasteiger partial charge in [-0.15, -0.1) is 0 Å². The summed E-state index contributed by atoms with van der Waals surface area (Å²) in [6.07, 6.45) is 3.23. The van der Waals surface area contributed by atoms with Gasteiger partial charge in [0.25, 0.3) is 0 Å². The highest BCUT2D eigenvalue weighted by molar-refractivity contribution is 6.30. The van der Waals surface area contributed by atoms with Crippen LogP contribution >= 0.6 is 11.6 Å². The average Bonchev–Trinajstić information content (AvgIpc) is 2.62. The number of anilines is 1. The molecule has 6 nitrogen and oxygen atoms in total. The number of carbonyl (C=O) groups is 2. The molecule has 1 aromatic carbocycles. The largest absolute Gasteiger partial charge is 0.334 e. The molecular weight excluding hydrogens is 340 g/mol. The maximum atomic E-state index is 12.6. The van der Waals surface area contributed by atoms with Gasteiger partial charge < -0.3 is 4.90 Å². The molecule has 1 unspecified atom stereocenters. The number of aliphatic imine (C=N–C) groups is 1. The maximum absolute atomic E-state index is 12.6. The average molecular weight is 363 g/mol. The Labute approximate surface area is 152 Å². The predicted octanol–water partition coefficient (Wildman–Crippen LogP) is 3.61. The number of unbranched alkanes of at least 4 members (excludes halogenated alkanes) is 1. The number of carbonyl (C=O) groups excluding carboxylic acids is 2. The summed E-state index contributed by atoms with van der Waals surface area (Å²) in [5, 5.41) is 3.16. The molecule has 1 fully saturated rings. The van der Waals surface area contributed by atoms with Crippen LogP contribution < -0.4 is 10.2 Å². The number of halogens is 1. The molecule has 0 bridgehead atoms. The van der Waals surface area contributed by atoms with Gasteiger partial charge >= 0.3 is 6.03 Å². The van der Waals surface area contributed by atoms with Crippen molar-refractivity contribution in [2.45, 2.75) is 39.5 Å². The van der Waals surface area contributed by atoms with Crippen LogP contribution in [0.25, 0.3) is 0 Å². The molecule has 1 N–H and O–H groups in total. The van der Waals surface area contributed by atoms with Crippen LogP contribution in [0.3, 0.4) is 0 Å². The Morgan fingerprint density at radius 3 is 2.80 bits per heavy atom. The summed E-state index contributed by atoms with van der Waals surface area (Å²) in [7, 11) is 0. The highest BCUT2D eigenvalue weighted by atomic mass is 35.5. The van der Waals surface area contributed by atoms with Crippen LogP contribution in [0.15, 0.2) is 29.3 Å². The number of rotatable bonds is 5. The normalized spacial score (nSPS) is 23.2. The number of fused-ring (bicyclic) bond motifs is 1. The Morgan fingerprint density at radius 2 is 2.12 bits per heavy atom. The minimum Gasteiger partial charge on any atom is -0.334 e. The molecule has 0 saturated carbocycles. The number of hydrogen-bond acceptors (Lipinski definition) is 4. The Bertz CT molecular complexity index is 721. The fraction of sp³-hybridized carbons (Fsp3) is 0.500. The SMILES string of the molecule is CCCCC1(CC)C(=O)NC(=O)N2CN(c3cccc(Cl)c3)CN=C21. The fourth-order valence-electron chi connectivity index (χ4n) is 3.51. The summed E-state index contributed by atoms with van der Waals surface area (Å²) in [6, 6.07) is 7.05. The van der Waals surface area contributed by atoms with Crippen molar-refractivity contribution in [3.63, 3.8) is 0 Å². The molecule has 2 aliphatic heterocycles. The van der Waals surface area contributed by atoms with E-state index >= 15 is 0 Å². The maximum Gasteiger partial charge on any atom is 0.331 e. The van der Waals surface area contributed by atoms with Crippen molar-refractivity contribution in [2.24, 2.45) is 10.4 Å². The zero-order valence-corrected chi connectivity index (χ0v) is 15.3. The van der Waals surface area contributed by atoms with Gasteiger partial charge in [0.15, 0.2) is 0 Å². The molecule has 0 radical (unpaired) electrons. The molecule has 0 aliphatic carbocycles. The van der Waals surface area contributed by atoms with E-state index in [9.17, 15) is 9.59 Å². The van der Waals surface area contributed by atoms with Gasteiger partial charge in [0.1, 0.15) is 24.6 Å². The van der Waals surface area contributed by atoms with Crippen LogP contribution in [0.2, 0.25) is 5.02 Å². The quantitative estimate of drug-likeness (QED) is 0.870. The van der Waals surface area contributed by atoms with Gasteiger partial charge in [-0.1, -0.05) is 44.4 Å². The topological polar surface area (TPSA) is 65.0 Å². The Morgan fingerprint density at radius 1 is 1.32 bits per heavy atom. The lowest BCUT2D eigenvalue weighted by atomic mass is 9.76. The molecule has 3 amide bonds. The van der Waals surface area contributed by atoms with Crippen LogP contribution in [-0.4, -0.2) is 36.0 Å². The van der Waals surface area contributed by atoms with E-state index in [4.69, 9.17) is 11.6 Å². The molecule has 3 rings (SSSR count). The van der Waals surface area contributed by atoms with Crippen LogP contribution in [0.5, 0.6) is 0 Å². The molecule has 7 heteroatoms. The highest BCUT2D eigenvalue weighted by Crippen LogP contribution is 2.37. The highest BCUT2D eigenvalue weighted by Gasteiger charge is 2.51. The van der Waals surface area contributed by atoms with Gasteiger partial charge in [0.2, 0.25) is 5.91 Å². The van der Waals surface area contributed by atoms with Gasteiger partial charge in [-0.25, -0.2) is 9.79 Å². The number of amides is 3. The number of hydrogen-bond donors (Lipinski definition) is 1. The van der Waals surface area contributed by atoms with Gasteiger partial charge in [-0.3, -0.25) is 15.0 Å². The Balaban J connectivity index is 1.95. The van der Waals surface area contributed by atoms with Gasteiger partial charge in [-0.2, -0.15) is 0 Å². The molecule has 1 saturated heterocycles. The monoisotopic (exact) mass is 362 g/mol. The predicted molar refractivity (Wildman–Crippen MR) is 98.7 cm³/mol. The van der Waals surface area contributed by atoms with E-state index in [1.54, 1.807) is 4.90 Å². The summed E-state index contributed by atoms with van der Waals surface area (Å²) < 4.78 is 0. The van der Waals surface area contributed by atoms with Crippen molar-refractivity contribution < 1.29 is 9.59 Å². The number of imide groups is 1. The minimum atomic E-state index is -0.718. The molecule has 2 aliphatic rings. The molecule has 25 heavy (non-hydrogen) atoms. The van der Waals surface area contributed by atoms with E-state index in [2.05, 4.69) is 17.2 Å². The molecule has 1 atom stereocenters. The smallest absolute Gasteiger partial charge is 0.331 e. The molecule has 2 heterocycles. The van der Waals surface area contributed by atoms with Gasteiger partial charge in [0, 0.05) is 10.7 Å². The van der Waals surface area contributed by atoms with E-state index in [1.807, 2.05) is 36.1 Å². The first-order valence-electron chi connectivity index (χ1n) is 8.70. The molecule has 0 aromatic heterocycles. The first-order valence-corrected chi connectivity index (χ1v) is 9.08. The van der Waals surface area contributed by atoms with Crippen LogP contribution in [0.4, 0.5) is 10.5 Å². The van der Waals surface area contributed by atoms with Gasteiger partial charge in [0.05, 0.1) is 0 Å². The molecular formula is C18H23ClN4O2. The number of nitrogens with zero attached hydrogens (tertiary/aromatic N) is 3. The van der Waals surface area contributed by atoms with Crippen LogP contribution in [-0.2, 0) is 4.79 Å². The van der Waals surface area contributed by atoms with Crippen LogP contribution in [0, 0.1) is 5.41 Å². The number of nitrogens with one attached hydrogen (secondary N) is 1. The summed E-state index contributed by atoms with van der Waals surface area (Å²) in [5.41, 5.74) is 0.181. The lowest BCUT2D eigenvalue weighted by molar-refractivity contribution is -0.128. The first kappa shape index (κ1) is 17.7. The standard InChI is InChI=1S/C18H23ClN4O2/c1-3-5-9-18(4-2)15-20-11-22(14-8-6-7-13(19)10-14)12-23(15)17(25)21-16(18)24/h6-8,10H,3-5,9,11-12H2,1-2H3,(H,21,24,25). The molecule has 1 aromatic rings. The van der Waals surface area contributed by atoms with Gasteiger partial charge in [-0.05, 0) is 31.0 Å². The minimum absolute atomic E-state index is 0.223. The summed E-state index contributed by atoms with van der Waals surface area (Å²) in [6.45, 7) is 4.83. The van der Waals surface area contributed by atoms with Crippen molar-refractivity contribution in [2.75, 3.05) is 18.2 Å². The van der Waals surface area contributed by atoms with E-state index in [-0.39, 0.29) is 5.91 Å². The summed E-state index contributed by atoms with van der Waals surface area (Å²) in [5.74, 6) is 0.384. The fourth-order valence-corrected chi connectivity index (χ4v) is 3.70. The number of amidine groups is 1. The van der Waals surface area contributed by atoms with Crippen molar-refractivity contribution in [3.05, 3.63) is 29.3 Å². The summed E-state index contributed by atoms with van der Waals surface area (Å²) in [4.78, 5) is 33.3. The second kappa shape index (κ2) is 7.04. The third-order valence-electron chi connectivity index (χ3n) is 5.02. The van der Waals surface area contributed by atoms with E-state index in [0.29, 0.717) is 37.0 Å². The van der Waals surface area contributed by atoms with E-state index in [0.717, 1.165) is 18.5 Å². The second-order valence-electron chi connectivity index (χ2n) is 6.51. The van der Waals surface area contributed by atoms with Crippen molar-refractivity contribution in [1.29, 1.82) is 0 Å². The molecule has 134 valence electrons. The van der Waals surface area contributed by atoms with Crippen LogP contribution in [0.1, 0.15) is 39.5 Å². The third kappa shape index (κ3) is 3.11. The number of benzene rings is 1. The molecule has 0 spiro atoms. The van der Waals surface area contributed by atoms with E-state index < -0.39 is 11.4 Å². The van der Waals surface area contributed by atoms with Crippen molar-refractivity contribution >= 4 is 35.1 Å². The Hall–Kier alpha value is -2.08. The first-order chi connectivity index (χ1) is 12.0. The van der Waals surface area contributed by atoms with Crippen molar-refractivity contribution in [3.8, 4) is 0 Å². The lowest BCUT2D eigenvalue weighted by Crippen LogP contribution is -2.67. The lowest BCUT2D eigenvalue weighted by Gasteiger charge is -2.46. The Kier molecular flexibility index (Phi) is 4.99. The zero-order chi connectivity index (χ0) is 18.0. The third-order valence-corrected chi connectivity index (χ3v) is 5.26. The van der Waals surface area contributed by atoms with Crippen molar-refractivity contribution in [1.82, 2.24) is 10.2 Å². The van der Waals surface area contributed by atoms with E-state index in [1.165, 1.54) is 0 Å². The second-order valence-corrected chi connectivity index (χ2v) is 6.95. The summed E-state index contributed by atoms with van der Waals surface area (Å²) >= 11 is 6.07.